The minimum atomic E-state index is -0.132. The van der Waals surface area contributed by atoms with Crippen LogP contribution in [0.15, 0.2) is 59.1 Å². The second kappa shape index (κ2) is 8.18. The second-order valence-electron chi connectivity index (χ2n) is 8.70. The molecule has 4 aromatic rings. The minimum absolute atomic E-state index is 0.0477. The van der Waals surface area contributed by atoms with Gasteiger partial charge in [0.25, 0.3) is 0 Å². The highest BCUT2D eigenvalue weighted by atomic mass is 16.7. The van der Waals surface area contributed by atoms with E-state index in [1.54, 1.807) is 7.11 Å². The molecule has 0 aliphatic carbocycles. The Kier molecular flexibility index (Phi) is 4.99. The Morgan fingerprint density at radius 2 is 2.00 bits per heavy atom. The molecule has 1 aromatic heterocycles. The van der Waals surface area contributed by atoms with Gasteiger partial charge < -0.3 is 18.7 Å². The van der Waals surface area contributed by atoms with E-state index in [2.05, 4.69) is 10.1 Å². The van der Waals surface area contributed by atoms with Crippen molar-refractivity contribution in [1.29, 1.82) is 0 Å². The lowest BCUT2D eigenvalue weighted by molar-refractivity contribution is 0.0925. The van der Waals surface area contributed by atoms with Crippen LogP contribution in [0.1, 0.15) is 33.9 Å². The number of aromatic nitrogens is 1. The zero-order chi connectivity index (χ0) is 23.2. The van der Waals surface area contributed by atoms with Crippen molar-refractivity contribution in [3.05, 3.63) is 71.3 Å². The zero-order valence-electron chi connectivity index (χ0n) is 19.0. The van der Waals surface area contributed by atoms with Crippen molar-refractivity contribution in [1.82, 2.24) is 10.1 Å². The van der Waals surface area contributed by atoms with Gasteiger partial charge in [-0.2, -0.15) is 0 Å². The van der Waals surface area contributed by atoms with E-state index in [-0.39, 0.29) is 18.6 Å². The van der Waals surface area contributed by atoms with E-state index in [0.29, 0.717) is 35.0 Å². The number of Topliss-reactive ketones (excluding diaryl/α,β-unsaturated/α-hetero) is 1. The Morgan fingerprint density at radius 1 is 1.15 bits per heavy atom. The molecule has 0 radical (unpaired) electrons. The van der Waals surface area contributed by atoms with Crippen LogP contribution < -0.4 is 14.2 Å². The molecule has 6 rings (SSSR count). The second-order valence-corrected chi connectivity index (χ2v) is 8.70. The number of fused-ring (bicyclic) bond motifs is 3. The highest BCUT2D eigenvalue weighted by molar-refractivity contribution is 6.02. The van der Waals surface area contributed by atoms with E-state index < -0.39 is 0 Å². The van der Waals surface area contributed by atoms with E-state index in [4.69, 9.17) is 18.7 Å². The summed E-state index contributed by atoms with van der Waals surface area (Å²) in [4.78, 5) is 15.7. The number of ether oxygens (including phenoxy) is 3. The lowest BCUT2D eigenvalue weighted by Crippen LogP contribution is -2.34. The summed E-state index contributed by atoms with van der Waals surface area (Å²) in [6.45, 7) is 1.02. The van der Waals surface area contributed by atoms with Crippen molar-refractivity contribution in [3.63, 3.8) is 0 Å². The molecule has 2 aliphatic rings. The quantitative estimate of drug-likeness (QED) is 0.390. The summed E-state index contributed by atoms with van der Waals surface area (Å²) >= 11 is 0. The number of rotatable bonds is 5. The average Bonchev–Trinajstić information content (AvgIpc) is 3.51. The van der Waals surface area contributed by atoms with Crippen LogP contribution in [0.5, 0.6) is 17.2 Å². The van der Waals surface area contributed by atoms with Crippen molar-refractivity contribution in [3.8, 4) is 28.6 Å². The van der Waals surface area contributed by atoms with Crippen LogP contribution in [0, 0.1) is 0 Å². The first-order valence-electron chi connectivity index (χ1n) is 11.3. The number of methoxy groups -OCH3 is 1. The highest BCUT2D eigenvalue weighted by Gasteiger charge is 2.35. The maximum atomic E-state index is 13.5. The first kappa shape index (κ1) is 20.7. The summed E-state index contributed by atoms with van der Waals surface area (Å²) in [6.07, 6.45) is 1.17. The summed E-state index contributed by atoms with van der Waals surface area (Å²) < 4.78 is 22.7. The maximum Gasteiger partial charge on any atom is 0.231 e. The molecule has 0 spiro atoms. The van der Waals surface area contributed by atoms with Gasteiger partial charge in [-0.1, -0.05) is 35.5 Å². The molecule has 3 aromatic carbocycles. The van der Waals surface area contributed by atoms with E-state index in [1.807, 2.05) is 61.6 Å². The molecule has 0 bridgehead atoms. The summed E-state index contributed by atoms with van der Waals surface area (Å²) in [5, 5.41) is 5.00. The fraction of sp³-hybridized carbons (Fsp3) is 0.259. The molecule has 172 valence electrons. The standard InChI is InChI=1S/C27H24N2O5/c1-29-11-10-18-13-23-26(33-15-32-23)27(31-2)24(18)21(29)14-22(30)17-8-9-20-19(12-17)25(34-28-20)16-6-4-3-5-7-16/h3-9,12-13,21H,10-11,14-15H2,1-2H3/t21-/m0/s1. The number of likely N-dealkylation sites (N-methyl/N-ethyl adjacent to an activating group) is 1. The van der Waals surface area contributed by atoms with Gasteiger partial charge in [-0.05, 0) is 43.3 Å². The SMILES string of the molecule is COc1c2c(cc3c1[C@H](CC(=O)c1ccc4noc(-c5ccccc5)c4c1)N(C)CC3)OCO2. The van der Waals surface area contributed by atoms with Crippen molar-refractivity contribution in [2.24, 2.45) is 0 Å². The van der Waals surface area contributed by atoms with Crippen molar-refractivity contribution < 1.29 is 23.5 Å². The Bertz CT molecular complexity index is 1400. The summed E-state index contributed by atoms with van der Waals surface area (Å²) in [6, 6.07) is 17.2. The van der Waals surface area contributed by atoms with Gasteiger partial charge in [0, 0.05) is 35.7 Å². The first-order chi connectivity index (χ1) is 16.6. The van der Waals surface area contributed by atoms with Gasteiger partial charge in [-0.25, -0.2) is 0 Å². The third-order valence-corrected chi connectivity index (χ3v) is 6.76. The summed E-state index contributed by atoms with van der Waals surface area (Å²) in [5.41, 5.74) is 4.43. The molecule has 0 fully saturated rings. The zero-order valence-corrected chi connectivity index (χ0v) is 19.0. The van der Waals surface area contributed by atoms with Crippen LogP contribution in [-0.4, -0.2) is 43.3 Å². The molecule has 34 heavy (non-hydrogen) atoms. The number of ketones is 1. The number of nitrogens with zero attached hydrogens (tertiary/aromatic N) is 2. The lowest BCUT2D eigenvalue weighted by atomic mass is 9.87. The number of hydrogen-bond donors (Lipinski definition) is 0. The molecular formula is C27H24N2O5. The van der Waals surface area contributed by atoms with Gasteiger partial charge in [-0.15, -0.1) is 0 Å². The van der Waals surface area contributed by atoms with Crippen LogP contribution in [0.25, 0.3) is 22.2 Å². The smallest absolute Gasteiger partial charge is 0.231 e. The van der Waals surface area contributed by atoms with Gasteiger partial charge in [0.15, 0.2) is 23.0 Å². The largest absolute Gasteiger partial charge is 0.492 e. The van der Waals surface area contributed by atoms with Crippen molar-refractivity contribution in [2.75, 3.05) is 27.5 Å². The molecule has 0 N–H and O–H groups in total. The van der Waals surface area contributed by atoms with Crippen molar-refractivity contribution >= 4 is 16.7 Å². The van der Waals surface area contributed by atoms with Gasteiger partial charge >= 0.3 is 0 Å². The van der Waals surface area contributed by atoms with E-state index >= 15 is 0 Å². The Morgan fingerprint density at radius 3 is 2.82 bits per heavy atom. The van der Waals surface area contributed by atoms with E-state index in [9.17, 15) is 4.79 Å². The van der Waals surface area contributed by atoms with Gasteiger partial charge in [0.05, 0.1) is 12.5 Å². The number of carbonyl (C=O) groups excluding carboxylic acids is 1. The topological polar surface area (TPSA) is 74.0 Å². The normalized spacial score (nSPS) is 17.1. The predicted octanol–water partition coefficient (Wildman–Crippen LogP) is 5.03. The molecule has 7 heteroatoms. The minimum Gasteiger partial charge on any atom is -0.492 e. The molecule has 2 aliphatic heterocycles. The molecule has 7 nitrogen and oxygen atoms in total. The maximum absolute atomic E-state index is 13.5. The fourth-order valence-electron chi connectivity index (χ4n) is 4.99. The Balaban J connectivity index is 1.36. The van der Waals surface area contributed by atoms with E-state index in [1.165, 1.54) is 0 Å². The number of carbonyl (C=O) groups is 1. The predicted molar refractivity (Wildman–Crippen MR) is 127 cm³/mol. The molecule has 3 heterocycles. The third-order valence-electron chi connectivity index (χ3n) is 6.76. The van der Waals surface area contributed by atoms with Crippen LogP contribution in [0.4, 0.5) is 0 Å². The number of benzene rings is 3. The third kappa shape index (κ3) is 3.31. The van der Waals surface area contributed by atoms with Gasteiger partial charge in [0.1, 0.15) is 5.52 Å². The monoisotopic (exact) mass is 456 g/mol. The fourth-order valence-corrected chi connectivity index (χ4v) is 4.99. The Labute approximate surface area is 196 Å². The van der Waals surface area contributed by atoms with Crippen molar-refractivity contribution in [2.45, 2.75) is 18.9 Å². The molecule has 1 atom stereocenters. The molecule has 0 amide bonds. The Hall–Kier alpha value is -3.84. The summed E-state index contributed by atoms with van der Waals surface area (Å²) in [5.74, 6) is 2.70. The average molecular weight is 456 g/mol. The summed E-state index contributed by atoms with van der Waals surface area (Å²) in [7, 11) is 3.68. The molecule has 0 saturated carbocycles. The van der Waals surface area contributed by atoms with Crippen LogP contribution in [0.2, 0.25) is 0 Å². The number of hydrogen-bond acceptors (Lipinski definition) is 7. The molecular weight excluding hydrogens is 432 g/mol. The van der Waals surface area contributed by atoms with Gasteiger partial charge in [0.2, 0.25) is 12.5 Å². The van der Waals surface area contributed by atoms with E-state index in [0.717, 1.165) is 40.6 Å². The highest BCUT2D eigenvalue weighted by Crippen LogP contribution is 2.50. The van der Waals surface area contributed by atoms with Gasteiger partial charge in [-0.3, -0.25) is 9.69 Å². The molecule has 0 unspecified atom stereocenters. The van der Waals surface area contributed by atoms with Crippen LogP contribution in [0.3, 0.4) is 0 Å². The van der Waals surface area contributed by atoms with Crippen LogP contribution in [-0.2, 0) is 6.42 Å². The lowest BCUT2D eigenvalue weighted by Gasteiger charge is -2.35. The molecule has 0 saturated heterocycles. The first-order valence-corrected chi connectivity index (χ1v) is 11.3. The van der Waals surface area contributed by atoms with Crippen LogP contribution >= 0.6 is 0 Å².